The summed E-state index contributed by atoms with van der Waals surface area (Å²) >= 11 is 3.63. The normalized spacial score (nSPS) is 25.1. The molecule has 1 unspecified atom stereocenters. The molecule has 0 saturated carbocycles. The van der Waals surface area contributed by atoms with Gasteiger partial charge in [0.1, 0.15) is 0 Å². The standard InChI is InChI=1S/C16H24BrN3/c17-15-5-4-6-16(18)14(15)12-19-10-7-13(11-19)20-8-2-1-3-9-20/h4-6,13H,1-3,7-12,18H2. The highest BCUT2D eigenvalue weighted by molar-refractivity contribution is 9.10. The first kappa shape index (κ1) is 14.4. The molecule has 0 aliphatic carbocycles. The van der Waals surface area contributed by atoms with Crippen LogP contribution in [0.15, 0.2) is 22.7 Å². The van der Waals surface area contributed by atoms with E-state index in [1.807, 2.05) is 12.1 Å². The maximum absolute atomic E-state index is 6.11. The van der Waals surface area contributed by atoms with Crippen LogP contribution in [0.1, 0.15) is 31.2 Å². The van der Waals surface area contributed by atoms with Crippen molar-refractivity contribution >= 4 is 21.6 Å². The molecule has 110 valence electrons. The van der Waals surface area contributed by atoms with E-state index >= 15 is 0 Å². The van der Waals surface area contributed by atoms with E-state index in [9.17, 15) is 0 Å². The van der Waals surface area contributed by atoms with E-state index in [0.717, 1.165) is 22.7 Å². The molecular formula is C16H24BrN3. The molecule has 1 aromatic rings. The number of nitrogens with two attached hydrogens (primary N) is 1. The zero-order chi connectivity index (χ0) is 13.9. The summed E-state index contributed by atoms with van der Waals surface area (Å²) in [5.74, 6) is 0. The molecule has 2 saturated heterocycles. The zero-order valence-corrected chi connectivity index (χ0v) is 13.6. The summed E-state index contributed by atoms with van der Waals surface area (Å²) in [4.78, 5) is 5.25. The minimum atomic E-state index is 0.763. The van der Waals surface area contributed by atoms with Gasteiger partial charge in [0.15, 0.2) is 0 Å². The van der Waals surface area contributed by atoms with Gasteiger partial charge in [-0.1, -0.05) is 28.4 Å². The van der Waals surface area contributed by atoms with Crippen molar-refractivity contribution in [2.75, 3.05) is 31.9 Å². The van der Waals surface area contributed by atoms with Gasteiger partial charge in [-0.2, -0.15) is 0 Å². The average molecular weight is 338 g/mol. The Morgan fingerprint density at radius 1 is 1.15 bits per heavy atom. The number of piperidine rings is 1. The minimum absolute atomic E-state index is 0.763. The summed E-state index contributed by atoms with van der Waals surface area (Å²) in [6, 6.07) is 6.85. The fraction of sp³-hybridized carbons (Fsp3) is 0.625. The quantitative estimate of drug-likeness (QED) is 0.860. The lowest BCUT2D eigenvalue weighted by atomic mass is 10.1. The van der Waals surface area contributed by atoms with Crippen LogP contribution in [0.4, 0.5) is 5.69 Å². The molecular weight excluding hydrogens is 314 g/mol. The largest absolute Gasteiger partial charge is 0.398 e. The predicted molar refractivity (Wildman–Crippen MR) is 87.7 cm³/mol. The number of likely N-dealkylation sites (tertiary alicyclic amines) is 2. The Kier molecular flexibility index (Phi) is 4.64. The smallest absolute Gasteiger partial charge is 0.0371 e. The molecule has 2 fully saturated rings. The molecule has 2 N–H and O–H groups in total. The maximum atomic E-state index is 6.11. The van der Waals surface area contributed by atoms with Crippen molar-refractivity contribution in [2.24, 2.45) is 0 Å². The highest BCUT2D eigenvalue weighted by Crippen LogP contribution is 2.27. The number of nitrogens with zero attached hydrogens (tertiary/aromatic N) is 2. The van der Waals surface area contributed by atoms with Crippen LogP contribution >= 0.6 is 15.9 Å². The van der Waals surface area contributed by atoms with Gasteiger partial charge in [0.2, 0.25) is 0 Å². The van der Waals surface area contributed by atoms with Gasteiger partial charge in [0.25, 0.3) is 0 Å². The summed E-state index contributed by atoms with van der Waals surface area (Å²) < 4.78 is 1.14. The molecule has 0 amide bonds. The highest BCUT2D eigenvalue weighted by atomic mass is 79.9. The topological polar surface area (TPSA) is 32.5 Å². The molecule has 2 aliphatic rings. The summed E-state index contributed by atoms with van der Waals surface area (Å²) in [5, 5.41) is 0. The van der Waals surface area contributed by atoms with Gasteiger partial charge in [-0.05, 0) is 44.5 Å². The van der Waals surface area contributed by atoms with Crippen LogP contribution in [0.3, 0.4) is 0 Å². The van der Waals surface area contributed by atoms with Gasteiger partial charge in [-0.3, -0.25) is 9.80 Å². The summed E-state index contributed by atoms with van der Waals surface area (Å²) in [6.07, 6.45) is 5.49. The molecule has 2 heterocycles. The van der Waals surface area contributed by atoms with Crippen molar-refractivity contribution in [2.45, 2.75) is 38.3 Å². The Morgan fingerprint density at radius 2 is 1.95 bits per heavy atom. The number of benzene rings is 1. The van der Waals surface area contributed by atoms with Gasteiger partial charge < -0.3 is 5.73 Å². The number of nitrogen functional groups attached to an aromatic ring is 1. The first-order chi connectivity index (χ1) is 9.74. The van der Waals surface area contributed by atoms with Crippen molar-refractivity contribution in [3.8, 4) is 0 Å². The van der Waals surface area contributed by atoms with E-state index in [-0.39, 0.29) is 0 Å². The first-order valence-electron chi connectivity index (χ1n) is 7.73. The van der Waals surface area contributed by atoms with Crippen LogP contribution < -0.4 is 5.73 Å². The number of anilines is 1. The van der Waals surface area contributed by atoms with Gasteiger partial charge in [0.05, 0.1) is 0 Å². The van der Waals surface area contributed by atoms with Gasteiger partial charge in [-0.15, -0.1) is 0 Å². The Labute approximate surface area is 130 Å². The molecule has 3 nitrogen and oxygen atoms in total. The second-order valence-corrected chi connectivity index (χ2v) is 6.94. The molecule has 0 spiro atoms. The number of rotatable bonds is 3. The third kappa shape index (κ3) is 3.18. The van der Waals surface area contributed by atoms with Crippen molar-refractivity contribution in [1.82, 2.24) is 9.80 Å². The Bertz CT molecular complexity index is 437. The molecule has 0 radical (unpaired) electrons. The van der Waals surface area contributed by atoms with Crippen molar-refractivity contribution in [1.29, 1.82) is 0 Å². The third-order valence-corrected chi connectivity index (χ3v) is 5.43. The van der Waals surface area contributed by atoms with Gasteiger partial charge in [0, 0.05) is 41.4 Å². The van der Waals surface area contributed by atoms with Crippen LogP contribution in [0.5, 0.6) is 0 Å². The number of hydrogen-bond acceptors (Lipinski definition) is 3. The van der Waals surface area contributed by atoms with Crippen LogP contribution in [-0.4, -0.2) is 42.0 Å². The minimum Gasteiger partial charge on any atom is -0.398 e. The molecule has 3 rings (SSSR count). The van der Waals surface area contributed by atoms with E-state index in [4.69, 9.17) is 5.73 Å². The van der Waals surface area contributed by atoms with Crippen LogP contribution in [0.25, 0.3) is 0 Å². The Morgan fingerprint density at radius 3 is 2.70 bits per heavy atom. The molecule has 0 aromatic heterocycles. The second-order valence-electron chi connectivity index (χ2n) is 6.08. The SMILES string of the molecule is Nc1cccc(Br)c1CN1CCC(N2CCCCC2)C1. The van der Waals surface area contributed by atoms with Crippen molar-refractivity contribution in [3.05, 3.63) is 28.2 Å². The predicted octanol–water partition coefficient (Wildman–Crippen LogP) is 3.09. The lowest BCUT2D eigenvalue weighted by molar-refractivity contribution is 0.161. The van der Waals surface area contributed by atoms with E-state index in [2.05, 4.69) is 31.8 Å². The van der Waals surface area contributed by atoms with Crippen LogP contribution in [0, 0.1) is 0 Å². The second kappa shape index (κ2) is 6.46. The van der Waals surface area contributed by atoms with Crippen LogP contribution in [0.2, 0.25) is 0 Å². The van der Waals surface area contributed by atoms with E-state index < -0.39 is 0 Å². The number of halogens is 1. The maximum Gasteiger partial charge on any atom is 0.0371 e. The fourth-order valence-electron chi connectivity index (χ4n) is 3.50. The summed E-state index contributed by atoms with van der Waals surface area (Å²) in [7, 11) is 0. The summed E-state index contributed by atoms with van der Waals surface area (Å²) in [6.45, 7) is 5.96. The first-order valence-corrected chi connectivity index (χ1v) is 8.52. The molecule has 1 aromatic carbocycles. The van der Waals surface area contributed by atoms with Crippen molar-refractivity contribution < 1.29 is 0 Å². The van der Waals surface area contributed by atoms with E-state index in [1.54, 1.807) is 0 Å². The highest BCUT2D eigenvalue weighted by Gasteiger charge is 2.28. The van der Waals surface area contributed by atoms with Gasteiger partial charge >= 0.3 is 0 Å². The average Bonchev–Trinajstić information content (AvgIpc) is 2.93. The Balaban J connectivity index is 1.60. The zero-order valence-electron chi connectivity index (χ0n) is 12.0. The molecule has 4 heteroatoms. The van der Waals surface area contributed by atoms with Crippen LogP contribution in [-0.2, 0) is 6.54 Å². The Hall–Kier alpha value is -0.580. The van der Waals surface area contributed by atoms with E-state index in [0.29, 0.717) is 0 Å². The molecule has 1 atom stereocenters. The summed E-state index contributed by atoms with van der Waals surface area (Å²) in [5.41, 5.74) is 8.26. The van der Waals surface area contributed by atoms with E-state index in [1.165, 1.54) is 57.4 Å². The van der Waals surface area contributed by atoms with Gasteiger partial charge in [-0.25, -0.2) is 0 Å². The lowest BCUT2D eigenvalue weighted by Gasteiger charge is -2.32. The fourth-order valence-corrected chi connectivity index (χ4v) is 4.01. The molecule has 0 bridgehead atoms. The molecule has 20 heavy (non-hydrogen) atoms. The molecule has 2 aliphatic heterocycles. The monoisotopic (exact) mass is 337 g/mol. The number of hydrogen-bond donors (Lipinski definition) is 1. The lowest BCUT2D eigenvalue weighted by Crippen LogP contribution is -2.40. The third-order valence-electron chi connectivity index (χ3n) is 4.69. The van der Waals surface area contributed by atoms with Crippen molar-refractivity contribution in [3.63, 3.8) is 0 Å².